The van der Waals surface area contributed by atoms with Gasteiger partial charge in [-0.15, -0.1) is 0 Å². The maximum absolute atomic E-state index is 13.4. The molecule has 0 saturated heterocycles. The summed E-state index contributed by atoms with van der Waals surface area (Å²) in [7, 11) is 1.64. The summed E-state index contributed by atoms with van der Waals surface area (Å²) in [6.07, 6.45) is 1.14. The second-order valence-electron chi connectivity index (χ2n) is 7.57. The molecule has 0 amide bonds. The molecule has 1 aromatic carbocycles. The van der Waals surface area contributed by atoms with E-state index < -0.39 is 0 Å². The molecule has 0 unspecified atom stereocenters. The number of benzene rings is 1. The molecule has 0 bridgehead atoms. The third kappa shape index (κ3) is 3.67. The van der Waals surface area contributed by atoms with E-state index in [4.69, 9.17) is 9.47 Å². The van der Waals surface area contributed by atoms with E-state index in [-0.39, 0.29) is 23.6 Å². The third-order valence-corrected chi connectivity index (χ3v) is 6.49. The summed E-state index contributed by atoms with van der Waals surface area (Å²) in [6, 6.07) is 9.88. The number of thiophene rings is 1. The van der Waals surface area contributed by atoms with Gasteiger partial charge >= 0.3 is 5.97 Å². The lowest BCUT2D eigenvalue weighted by Crippen LogP contribution is -2.36. The van der Waals surface area contributed by atoms with Crippen molar-refractivity contribution >= 4 is 23.1 Å². The van der Waals surface area contributed by atoms with Gasteiger partial charge in [0.15, 0.2) is 5.78 Å². The largest absolute Gasteiger partial charge is 0.497 e. The van der Waals surface area contributed by atoms with Gasteiger partial charge in [0.1, 0.15) is 5.75 Å². The Labute approximate surface area is 180 Å². The second-order valence-corrected chi connectivity index (χ2v) is 8.35. The quantitative estimate of drug-likeness (QED) is 0.708. The standard InChI is InChI=1S/C24H25NO4S/c1-4-29-24(27)21-14(2)25-19-11-17(15-5-7-18(28-3)8-6-15)12-20(26)23(19)22(21)16-9-10-30-13-16/h5-10,13,17,22,25H,4,11-12H2,1-3H3/t17-,22+/m0/s1. The number of rotatable bonds is 5. The Balaban J connectivity index is 1.73. The van der Waals surface area contributed by atoms with Crippen LogP contribution in [0.25, 0.3) is 0 Å². The van der Waals surface area contributed by atoms with Gasteiger partial charge in [-0.05, 0) is 66.3 Å². The summed E-state index contributed by atoms with van der Waals surface area (Å²) < 4.78 is 10.6. The van der Waals surface area contributed by atoms with Crippen LogP contribution in [-0.2, 0) is 14.3 Å². The van der Waals surface area contributed by atoms with Crippen molar-refractivity contribution in [3.63, 3.8) is 0 Å². The van der Waals surface area contributed by atoms with Gasteiger partial charge in [0.05, 0.1) is 19.3 Å². The van der Waals surface area contributed by atoms with E-state index >= 15 is 0 Å². The van der Waals surface area contributed by atoms with Gasteiger partial charge in [-0.3, -0.25) is 4.79 Å². The maximum Gasteiger partial charge on any atom is 0.336 e. The maximum atomic E-state index is 13.4. The van der Waals surface area contributed by atoms with Crippen molar-refractivity contribution in [2.24, 2.45) is 0 Å². The minimum atomic E-state index is -0.379. The van der Waals surface area contributed by atoms with Crippen LogP contribution in [0.4, 0.5) is 0 Å². The first-order valence-electron chi connectivity index (χ1n) is 10.1. The van der Waals surface area contributed by atoms with E-state index in [9.17, 15) is 9.59 Å². The first-order chi connectivity index (χ1) is 14.5. The van der Waals surface area contributed by atoms with Gasteiger partial charge in [-0.1, -0.05) is 12.1 Å². The van der Waals surface area contributed by atoms with E-state index in [2.05, 4.69) is 5.32 Å². The van der Waals surface area contributed by atoms with E-state index in [0.717, 1.165) is 34.7 Å². The number of carbonyl (C=O) groups excluding carboxylic acids is 2. The highest BCUT2D eigenvalue weighted by molar-refractivity contribution is 7.08. The topological polar surface area (TPSA) is 64.6 Å². The van der Waals surface area contributed by atoms with Gasteiger partial charge in [-0.2, -0.15) is 11.3 Å². The lowest BCUT2D eigenvalue weighted by molar-refractivity contribution is -0.138. The summed E-state index contributed by atoms with van der Waals surface area (Å²) in [4.78, 5) is 26.2. The number of carbonyl (C=O) groups is 2. The zero-order valence-electron chi connectivity index (χ0n) is 17.4. The van der Waals surface area contributed by atoms with E-state index in [1.807, 2.05) is 48.0 Å². The van der Waals surface area contributed by atoms with Gasteiger partial charge in [-0.25, -0.2) is 4.79 Å². The highest BCUT2D eigenvalue weighted by Gasteiger charge is 2.41. The predicted molar refractivity (Wildman–Crippen MR) is 117 cm³/mol. The summed E-state index contributed by atoms with van der Waals surface area (Å²) in [6.45, 7) is 3.97. The highest BCUT2D eigenvalue weighted by Crippen LogP contribution is 2.46. The zero-order valence-corrected chi connectivity index (χ0v) is 18.2. The molecule has 1 aromatic heterocycles. The number of methoxy groups -OCH3 is 1. The Hall–Kier alpha value is -2.86. The molecule has 2 aromatic rings. The van der Waals surface area contributed by atoms with E-state index in [1.54, 1.807) is 25.4 Å². The van der Waals surface area contributed by atoms with Crippen LogP contribution in [-0.4, -0.2) is 25.5 Å². The van der Waals surface area contributed by atoms with E-state index in [1.165, 1.54) is 0 Å². The first-order valence-corrected chi connectivity index (χ1v) is 11.0. The van der Waals surface area contributed by atoms with Crippen LogP contribution in [0.2, 0.25) is 0 Å². The number of hydrogen-bond donors (Lipinski definition) is 1. The number of nitrogens with one attached hydrogen (secondary N) is 1. The lowest BCUT2D eigenvalue weighted by atomic mass is 9.72. The molecule has 4 rings (SSSR count). The molecule has 5 nitrogen and oxygen atoms in total. The normalized spacial score (nSPS) is 21.2. The van der Waals surface area contributed by atoms with Gasteiger partial charge < -0.3 is 14.8 Å². The fourth-order valence-corrected chi connectivity index (χ4v) is 5.09. The van der Waals surface area contributed by atoms with Crippen LogP contribution < -0.4 is 10.1 Å². The molecule has 2 heterocycles. The van der Waals surface area contributed by atoms with Crippen molar-refractivity contribution in [1.82, 2.24) is 5.32 Å². The second kappa shape index (κ2) is 8.48. The number of Topliss-reactive ketones (excluding diaryl/α,β-unsaturated/α-hetero) is 1. The minimum absolute atomic E-state index is 0.0788. The number of allylic oxidation sites excluding steroid dienone is 3. The first kappa shape index (κ1) is 20.4. The molecule has 0 fully saturated rings. The molecule has 6 heteroatoms. The van der Waals surface area contributed by atoms with Crippen LogP contribution in [0.5, 0.6) is 5.75 Å². The molecular weight excluding hydrogens is 398 g/mol. The molecular formula is C24H25NO4S. The van der Waals surface area contributed by atoms with E-state index in [0.29, 0.717) is 24.2 Å². The Morgan fingerprint density at radius 3 is 2.57 bits per heavy atom. The molecule has 0 radical (unpaired) electrons. The number of hydrogen-bond acceptors (Lipinski definition) is 6. The van der Waals surface area contributed by atoms with Crippen molar-refractivity contribution < 1.29 is 19.1 Å². The Bertz CT molecular complexity index is 1020. The monoisotopic (exact) mass is 423 g/mol. The van der Waals surface area contributed by atoms with Crippen molar-refractivity contribution in [1.29, 1.82) is 0 Å². The summed E-state index contributed by atoms with van der Waals surface area (Å²) in [5.74, 6) is 0.225. The fourth-order valence-electron chi connectivity index (χ4n) is 4.40. The number of ether oxygens (including phenoxy) is 2. The molecule has 0 saturated carbocycles. The van der Waals surface area contributed by atoms with Crippen LogP contribution in [0.3, 0.4) is 0 Å². The minimum Gasteiger partial charge on any atom is -0.497 e. The summed E-state index contributed by atoms with van der Waals surface area (Å²) in [5, 5.41) is 7.35. The SMILES string of the molecule is CCOC(=O)C1=C(C)NC2=C(C(=O)C[C@@H](c3ccc(OC)cc3)C2)[C@@H]1c1ccsc1. The fraction of sp³-hybridized carbons (Fsp3) is 0.333. The Morgan fingerprint density at radius 2 is 1.93 bits per heavy atom. The molecule has 0 spiro atoms. The van der Waals surface area contributed by atoms with Crippen molar-refractivity contribution in [2.45, 2.75) is 38.5 Å². The smallest absolute Gasteiger partial charge is 0.336 e. The third-order valence-electron chi connectivity index (χ3n) is 5.79. The summed E-state index contributed by atoms with van der Waals surface area (Å²) in [5.41, 5.74) is 4.98. The van der Waals surface area contributed by atoms with Crippen LogP contribution in [0.15, 0.2) is 63.6 Å². The van der Waals surface area contributed by atoms with Crippen LogP contribution >= 0.6 is 11.3 Å². The molecule has 1 aliphatic heterocycles. The molecule has 30 heavy (non-hydrogen) atoms. The van der Waals surface area contributed by atoms with Crippen molar-refractivity contribution in [3.05, 3.63) is 74.8 Å². The molecule has 156 valence electrons. The van der Waals surface area contributed by atoms with Crippen molar-refractivity contribution in [3.8, 4) is 5.75 Å². The number of ketones is 1. The lowest BCUT2D eigenvalue weighted by Gasteiger charge is -2.36. The molecule has 2 atom stereocenters. The van der Waals surface area contributed by atoms with Gasteiger partial charge in [0, 0.05) is 29.3 Å². The average Bonchev–Trinajstić information content (AvgIpc) is 3.27. The average molecular weight is 424 g/mol. The zero-order chi connectivity index (χ0) is 21.3. The van der Waals surface area contributed by atoms with Gasteiger partial charge in [0.2, 0.25) is 0 Å². The van der Waals surface area contributed by atoms with Crippen LogP contribution in [0.1, 0.15) is 49.7 Å². The number of esters is 1. The number of dihydropyridines is 1. The summed E-state index contributed by atoms with van der Waals surface area (Å²) >= 11 is 1.56. The molecule has 1 N–H and O–H groups in total. The Morgan fingerprint density at radius 1 is 1.17 bits per heavy atom. The van der Waals surface area contributed by atoms with Crippen molar-refractivity contribution in [2.75, 3.05) is 13.7 Å². The predicted octanol–water partition coefficient (Wildman–Crippen LogP) is 4.68. The van der Waals surface area contributed by atoms with Gasteiger partial charge in [0.25, 0.3) is 0 Å². The molecule has 1 aliphatic carbocycles. The Kier molecular flexibility index (Phi) is 5.77. The highest BCUT2D eigenvalue weighted by atomic mass is 32.1. The van der Waals surface area contributed by atoms with Crippen LogP contribution in [0, 0.1) is 0 Å². The molecule has 2 aliphatic rings.